The first kappa shape index (κ1) is 18.2. The van der Waals surface area contributed by atoms with E-state index in [9.17, 15) is 4.79 Å². The smallest absolute Gasteiger partial charge is 0.269 e. The summed E-state index contributed by atoms with van der Waals surface area (Å²) in [5, 5.41) is 6.15. The second kappa shape index (κ2) is 7.46. The number of hydrogen-bond acceptors (Lipinski definition) is 5. The van der Waals surface area contributed by atoms with Crippen LogP contribution in [0.3, 0.4) is 0 Å². The Morgan fingerprint density at radius 2 is 1.96 bits per heavy atom. The lowest BCUT2D eigenvalue weighted by atomic mass is 10.2. The maximum absolute atomic E-state index is 12.3. The van der Waals surface area contributed by atoms with Crippen LogP contribution in [0, 0.1) is 6.92 Å². The van der Waals surface area contributed by atoms with E-state index in [2.05, 4.69) is 25.9 Å². The highest BCUT2D eigenvalue weighted by Crippen LogP contribution is 2.24. The number of halogens is 2. The SMILES string of the molecule is Cc1ccc(-n2ncc3c(NNC(=O)c4cccc(Cl)c4)ncnc32)cc1Cl. The molecule has 0 atom stereocenters. The molecule has 2 heterocycles. The summed E-state index contributed by atoms with van der Waals surface area (Å²) >= 11 is 12.1. The molecule has 2 N–H and O–H groups in total. The fourth-order valence-corrected chi connectivity index (χ4v) is 3.03. The lowest BCUT2D eigenvalue weighted by Crippen LogP contribution is -2.29. The molecule has 0 aliphatic rings. The first-order valence-corrected chi connectivity index (χ1v) is 9.06. The first-order chi connectivity index (χ1) is 13.5. The molecular weight excluding hydrogens is 399 g/mol. The predicted molar refractivity (Wildman–Crippen MR) is 109 cm³/mol. The van der Waals surface area contributed by atoms with E-state index in [1.165, 1.54) is 6.33 Å². The van der Waals surface area contributed by atoms with Gasteiger partial charge in [-0.1, -0.05) is 35.3 Å². The van der Waals surface area contributed by atoms with Gasteiger partial charge in [0, 0.05) is 15.6 Å². The molecule has 0 unspecified atom stereocenters. The maximum Gasteiger partial charge on any atom is 0.269 e. The van der Waals surface area contributed by atoms with Gasteiger partial charge >= 0.3 is 0 Å². The van der Waals surface area contributed by atoms with Gasteiger partial charge in [-0.05, 0) is 42.8 Å². The summed E-state index contributed by atoms with van der Waals surface area (Å²) in [5.41, 5.74) is 8.18. The van der Waals surface area contributed by atoms with Gasteiger partial charge in [-0.3, -0.25) is 15.6 Å². The molecule has 0 saturated carbocycles. The third-order valence-electron chi connectivity index (χ3n) is 4.15. The number of rotatable bonds is 4. The van der Waals surface area contributed by atoms with Crippen LogP contribution in [-0.4, -0.2) is 25.7 Å². The number of anilines is 1. The third kappa shape index (κ3) is 3.49. The molecule has 0 aliphatic carbocycles. The zero-order chi connectivity index (χ0) is 19.7. The fourth-order valence-electron chi connectivity index (χ4n) is 2.66. The van der Waals surface area contributed by atoms with Crippen molar-refractivity contribution in [2.24, 2.45) is 0 Å². The van der Waals surface area contributed by atoms with Gasteiger partial charge in [0.1, 0.15) is 6.33 Å². The van der Waals surface area contributed by atoms with Crippen LogP contribution in [0.5, 0.6) is 0 Å². The van der Waals surface area contributed by atoms with Crippen molar-refractivity contribution in [3.63, 3.8) is 0 Å². The highest BCUT2D eigenvalue weighted by atomic mass is 35.5. The molecule has 0 saturated heterocycles. The van der Waals surface area contributed by atoms with Gasteiger partial charge in [0.2, 0.25) is 0 Å². The van der Waals surface area contributed by atoms with E-state index in [4.69, 9.17) is 23.2 Å². The molecule has 0 spiro atoms. The van der Waals surface area contributed by atoms with Gasteiger partial charge in [0.05, 0.1) is 17.3 Å². The van der Waals surface area contributed by atoms with Gasteiger partial charge in [-0.25, -0.2) is 14.6 Å². The Morgan fingerprint density at radius 1 is 1.11 bits per heavy atom. The number of nitrogens with zero attached hydrogens (tertiary/aromatic N) is 4. The van der Waals surface area contributed by atoms with Gasteiger partial charge < -0.3 is 0 Å². The standard InChI is InChI=1S/C19H14Cl2N6O/c1-11-5-6-14(8-16(11)21)27-18-15(9-24-27)17(22-10-23-18)25-26-19(28)12-3-2-4-13(20)7-12/h2-10H,1H3,(H,26,28)(H,22,23,25). The Balaban J connectivity index is 1.61. The monoisotopic (exact) mass is 412 g/mol. The minimum absolute atomic E-state index is 0.341. The number of benzene rings is 2. The average molecular weight is 413 g/mol. The molecule has 28 heavy (non-hydrogen) atoms. The Bertz CT molecular complexity index is 1190. The van der Waals surface area contributed by atoms with E-state index in [-0.39, 0.29) is 5.91 Å². The molecule has 2 aromatic heterocycles. The number of nitrogens with one attached hydrogen (secondary N) is 2. The average Bonchev–Trinajstić information content (AvgIpc) is 3.13. The molecule has 140 valence electrons. The topological polar surface area (TPSA) is 84.7 Å². The van der Waals surface area contributed by atoms with Crippen molar-refractivity contribution in [1.29, 1.82) is 0 Å². The van der Waals surface area contributed by atoms with Crippen molar-refractivity contribution < 1.29 is 4.79 Å². The molecule has 7 nitrogen and oxygen atoms in total. The Hall–Kier alpha value is -3.16. The quantitative estimate of drug-likeness (QED) is 0.490. The molecule has 9 heteroatoms. The number of hydrazine groups is 1. The molecule has 4 aromatic rings. The van der Waals surface area contributed by atoms with Crippen LogP contribution in [0.2, 0.25) is 10.0 Å². The van der Waals surface area contributed by atoms with Crippen LogP contribution in [-0.2, 0) is 0 Å². The van der Waals surface area contributed by atoms with Gasteiger partial charge in [-0.2, -0.15) is 5.10 Å². The van der Waals surface area contributed by atoms with E-state index >= 15 is 0 Å². The van der Waals surface area contributed by atoms with Crippen molar-refractivity contribution >= 4 is 46.0 Å². The molecule has 1 amide bonds. The minimum Gasteiger partial charge on any atom is -0.281 e. The summed E-state index contributed by atoms with van der Waals surface area (Å²) in [6.07, 6.45) is 3.02. The van der Waals surface area contributed by atoms with Crippen molar-refractivity contribution in [3.8, 4) is 5.69 Å². The summed E-state index contributed by atoms with van der Waals surface area (Å²) in [6, 6.07) is 12.3. The second-order valence-corrected chi connectivity index (χ2v) is 6.88. The number of carbonyl (C=O) groups is 1. The molecule has 0 fully saturated rings. The summed E-state index contributed by atoms with van der Waals surface area (Å²) in [7, 11) is 0. The van der Waals surface area contributed by atoms with E-state index < -0.39 is 0 Å². The number of aryl methyl sites for hydroxylation is 1. The normalized spacial score (nSPS) is 10.8. The van der Waals surface area contributed by atoms with Gasteiger partial charge in [0.25, 0.3) is 5.91 Å². The van der Waals surface area contributed by atoms with Crippen molar-refractivity contribution in [3.05, 3.63) is 76.2 Å². The number of carbonyl (C=O) groups excluding carboxylic acids is 1. The van der Waals surface area contributed by atoms with E-state index in [0.717, 1.165) is 11.3 Å². The summed E-state index contributed by atoms with van der Waals surface area (Å²) in [5.74, 6) is 0.0804. The number of fused-ring (bicyclic) bond motifs is 1. The molecule has 0 bridgehead atoms. The molecule has 4 rings (SSSR count). The summed E-state index contributed by atoms with van der Waals surface area (Å²) in [4.78, 5) is 20.8. The molecule has 0 radical (unpaired) electrons. The lowest BCUT2D eigenvalue weighted by Gasteiger charge is -2.09. The van der Waals surface area contributed by atoms with E-state index in [1.807, 2.05) is 25.1 Å². The number of aromatic nitrogens is 4. The second-order valence-electron chi connectivity index (χ2n) is 6.04. The summed E-state index contributed by atoms with van der Waals surface area (Å²) < 4.78 is 1.66. The fraction of sp³-hybridized carbons (Fsp3) is 0.0526. The van der Waals surface area contributed by atoms with Crippen molar-refractivity contribution in [2.75, 3.05) is 5.43 Å². The third-order valence-corrected chi connectivity index (χ3v) is 4.79. The predicted octanol–water partition coefficient (Wildman–Crippen LogP) is 4.19. The number of hydrogen-bond donors (Lipinski definition) is 2. The Morgan fingerprint density at radius 3 is 2.75 bits per heavy atom. The van der Waals surface area contributed by atoms with Crippen molar-refractivity contribution in [1.82, 2.24) is 25.2 Å². The highest BCUT2D eigenvalue weighted by Gasteiger charge is 2.13. The van der Waals surface area contributed by atoms with Gasteiger partial charge in [0.15, 0.2) is 11.5 Å². The summed E-state index contributed by atoms with van der Waals surface area (Å²) in [6.45, 7) is 1.93. The Kier molecular flexibility index (Phi) is 4.85. The van der Waals surface area contributed by atoms with E-state index in [0.29, 0.717) is 32.5 Å². The largest absolute Gasteiger partial charge is 0.281 e. The van der Waals surface area contributed by atoms with Crippen LogP contribution in [0.15, 0.2) is 55.0 Å². The molecule has 2 aromatic carbocycles. The zero-order valence-corrected chi connectivity index (χ0v) is 16.2. The minimum atomic E-state index is -0.341. The Labute approximate surface area is 170 Å². The van der Waals surface area contributed by atoms with Crippen LogP contribution in [0.1, 0.15) is 15.9 Å². The maximum atomic E-state index is 12.3. The molecular formula is C19H14Cl2N6O. The van der Waals surface area contributed by atoms with E-state index in [1.54, 1.807) is 35.1 Å². The van der Waals surface area contributed by atoms with Crippen LogP contribution < -0.4 is 10.9 Å². The van der Waals surface area contributed by atoms with Crippen LogP contribution in [0.25, 0.3) is 16.7 Å². The van der Waals surface area contributed by atoms with Crippen LogP contribution >= 0.6 is 23.2 Å². The first-order valence-electron chi connectivity index (χ1n) is 8.30. The lowest BCUT2D eigenvalue weighted by molar-refractivity contribution is 0.0962. The van der Waals surface area contributed by atoms with Crippen LogP contribution in [0.4, 0.5) is 5.82 Å². The highest BCUT2D eigenvalue weighted by molar-refractivity contribution is 6.31. The van der Waals surface area contributed by atoms with Crippen molar-refractivity contribution in [2.45, 2.75) is 6.92 Å². The number of amides is 1. The molecule has 0 aliphatic heterocycles. The zero-order valence-electron chi connectivity index (χ0n) is 14.6. The van der Waals surface area contributed by atoms with Gasteiger partial charge in [-0.15, -0.1) is 0 Å².